The summed E-state index contributed by atoms with van der Waals surface area (Å²) in [4.78, 5) is 4.57. The fraction of sp³-hybridized carbons (Fsp3) is 0. The van der Waals surface area contributed by atoms with Gasteiger partial charge in [-0.25, -0.2) is 4.98 Å². The summed E-state index contributed by atoms with van der Waals surface area (Å²) < 4.78 is 3.78. The Bertz CT molecular complexity index is 763. The van der Waals surface area contributed by atoms with Crippen LogP contribution in [-0.2, 0) is 0 Å². The van der Waals surface area contributed by atoms with Crippen molar-refractivity contribution in [3.05, 3.63) is 55.6 Å². The predicted molar refractivity (Wildman–Crippen MR) is 86.0 cm³/mol. The molecule has 0 spiro atoms. The van der Waals surface area contributed by atoms with Crippen molar-refractivity contribution in [2.45, 2.75) is 0 Å². The topological polar surface area (TPSA) is 17.3 Å². The highest BCUT2D eigenvalue weighted by molar-refractivity contribution is 9.11. The van der Waals surface area contributed by atoms with Crippen molar-refractivity contribution in [1.29, 1.82) is 0 Å². The molecule has 0 saturated carbocycles. The summed E-state index contributed by atoms with van der Waals surface area (Å²) in [6, 6.07) is 7.37. The molecule has 0 unspecified atom stereocenters. The van der Waals surface area contributed by atoms with Gasteiger partial charge in [0.15, 0.2) is 5.65 Å². The van der Waals surface area contributed by atoms with Gasteiger partial charge >= 0.3 is 0 Å². The van der Waals surface area contributed by atoms with E-state index in [1.165, 1.54) is 0 Å². The SMILES string of the molecule is Clc1cccc(Cl)c1-c1cn2cc(Br)cc(Br)c2n1. The molecule has 2 aromatic heterocycles. The average molecular weight is 421 g/mol. The van der Waals surface area contributed by atoms with Gasteiger partial charge in [-0.3, -0.25) is 0 Å². The van der Waals surface area contributed by atoms with Crippen LogP contribution in [0, 0.1) is 0 Å². The van der Waals surface area contributed by atoms with E-state index in [4.69, 9.17) is 23.2 Å². The smallest absolute Gasteiger partial charge is 0.151 e. The van der Waals surface area contributed by atoms with Crippen molar-refractivity contribution < 1.29 is 0 Å². The van der Waals surface area contributed by atoms with Crippen molar-refractivity contribution in [3.8, 4) is 11.3 Å². The summed E-state index contributed by atoms with van der Waals surface area (Å²) >= 11 is 19.4. The molecule has 0 amide bonds. The zero-order chi connectivity index (χ0) is 13.6. The Kier molecular flexibility index (Phi) is 3.60. The minimum atomic E-state index is 0.589. The highest BCUT2D eigenvalue weighted by Crippen LogP contribution is 2.35. The maximum atomic E-state index is 6.21. The molecule has 19 heavy (non-hydrogen) atoms. The average Bonchev–Trinajstić information content (AvgIpc) is 2.72. The molecule has 3 rings (SSSR count). The number of imidazole rings is 1. The Morgan fingerprint density at radius 3 is 2.42 bits per heavy atom. The summed E-state index contributed by atoms with van der Waals surface area (Å²) in [5.74, 6) is 0. The highest BCUT2D eigenvalue weighted by Gasteiger charge is 2.13. The summed E-state index contributed by atoms with van der Waals surface area (Å²) in [7, 11) is 0. The predicted octanol–water partition coefficient (Wildman–Crippen LogP) is 5.83. The first-order valence-corrected chi connectivity index (χ1v) is 7.68. The van der Waals surface area contributed by atoms with Crippen molar-refractivity contribution in [3.63, 3.8) is 0 Å². The van der Waals surface area contributed by atoms with Gasteiger partial charge in [-0.05, 0) is 50.1 Å². The number of hydrogen-bond acceptors (Lipinski definition) is 1. The van der Waals surface area contributed by atoms with Gasteiger partial charge in [-0.15, -0.1) is 0 Å². The molecule has 0 aliphatic heterocycles. The maximum Gasteiger partial charge on any atom is 0.151 e. The second kappa shape index (κ2) is 5.09. The van der Waals surface area contributed by atoms with Crippen LogP contribution in [-0.4, -0.2) is 9.38 Å². The monoisotopic (exact) mass is 418 g/mol. The standard InChI is InChI=1S/C13H6Br2Cl2N2/c14-7-4-8(15)13-18-11(6-19(13)5-7)12-9(16)2-1-3-10(12)17/h1-6H. The Hall–Kier alpha value is -0.550. The Labute approximate surface area is 136 Å². The number of nitrogens with zero attached hydrogens (tertiary/aromatic N) is 2. The normalized spacial score (nSPS) is 11.2. The lowest BCUT2D eigenvalue weighted by molar-refractivity contribution is 1.17. The van der Waals surface area contributed by atoms with Crippen molar-refractivity contribution >= 4 is 60.7 Å². The Morgan fingerprint density at radius 1 is 1.05 bits per heavy atom. The summed E-state index contributed by atoms with van der Waals surface area (Å²) in [5.41, 5.74) is 2.31. The Morgan fingerprint density at radius 2 is 1.74 bits per heavy atom. The first kappa shape index (κ1) is 13.4. The maximum absolute atomic E-state index is 6.21. The molecule has 96 valence electrons. The van der Waals surface area contributed by atoms with E-state index in [1.54, 1.807) is 12.1 Å². The van der Waals surface area contributed by atoms with Crippen LogP contribution in [0.5, 0.6) is 0 Å². The number of hydrogen-bond donors (Lipinski definition) is 0. The van der Waals surface area contributed by atoms with Crippen molar-refractivity contribution in [2.24, 2.45) is 0 Å². The second-order valence-electron chi connectivity index (χ2n) is 3.96. The van der Waals surface area contributed by atoms with Gasteiger partial charge < -0.3 is 4.40 Å². The first-order chi connectivity index (χ1) is 9.06. The fourth-order valence-corrected chi connectivity index (χ4v) is 3.78. The van der Waals surface area contributed by atoms with E-state index in [2.05, 4.69) is 36.8 Å². The van der Waals surface area contributed by atoms with Gasteiger partial charge in [0.05, 0.1) is 20.2 Å². The van der Waals surface area contributed by atoms with E-state index < -0.39 is 0 Å². The van der Waals surface area contributed by atoms with E-state index >= 15 is 0 Å². The molecule has 0 saturated heterocycles. The minimum Gasteiger partial charge on any atom is -0.304 e. The molecular weight excluding hydrogens is 415 g/mol. The van der Waals surface area contributed by atoms with Gasteiger partial charge in [0.25, 0.3) is 0 Å². The fourth-order valence-electron chi connectivity index (χ4n) is 1.89. The van der Waals surface area contributed by atoms with E-state index in [1.807, 2.05) is 28.9 Å². The van der Waals surface area contributed by atoms with Gasteiger partial charge in [0.1, 0.15) is 0 Å². The van der Waals surface area contributed by atoms with Gasteiger partial charge in [-0.1, -0.05) is 29.3 Å². The first-order valence-electron chi connectivity index (χ1n) is 5.34. The molecule has 0 atom stereocenters. The van der Waals surface area contributed by atoms with Gasteiger partial charge in [0, 0.05) is 22.4 Å². The molecule has 6 heteroatoms. The molecular formula is C13H6Br2Cl2N2. The number of rotatable bonds is 1. The van der Waals surface area contributed by atoms with Crippen molar-refractivity contribution in [1.82, 2.24) is 9.38 Å². The van der Waals surface area contributed by atoms with E-state index in [-0.39, 0.29) is 0 Å². The lowest BCUT2D eigenvalue weighted by Crippen LogP contribution is -1.83. The number of halogens is 4. The lowest BCUT2D eigenvalue weighted by Gasteiger charge is -2.02. The Balaban J connectivity index is 2.30. The van der Waals surface area contributed by atoms with Crippen LogP contribution in [0.1, 0.15) is 0 Å². The molecule has 0 bridgehead atoms. The van der Waals surface area contributed by atoms with Crippen LogP contribution in [0.2, 0.25) is 10.0 Å². The third-order valence-electron chi connectivity index (χ3n) is 2.69. The minimum absolute atomic E-state index is 0.589. The third kappa shape index (κ3) is 2.42. The third-order valence-corrected chi connectivity index (χ3v) is 4.34. The summed E-state index contributed by atoms with van der Waals surface area (Å²) in [6.45, 7) is 0. The van der Waals surface area contributed by atoms with Crippen LogP contribution in [0.3, 0.4) is 0 Å². The van der Waals surface area contributed by atoms with Crippen LogP contribution < -0.4 is 0 Å². The number of pyridine rings is 1. The molecule has 0 aliphatic rings. The number of aromatic nitrogens is 2. The second-order valence-corrected chi connectivity index (χ2v) is 6.54. The highest BCUT2D eigenvalue weighted by atomic mass is 79.9. The molecule has 0 radical (unpaired) electrons. The largest absolute Gasteiger partial charge is 0.304 e. The zero-order valence-corrected chi connectivity index (χ0v) is 14.1. The van der Waals surface area contributed by atoms with E-state index in [0.29, 0.717) is 10.0 Å². The van der Waals surface area contributed by atoms with Crippen LogP contribution >= 0.6 is 55.1 Å². The molecule has 0 aliphatic carbocycles. The molecule has 0 fully saturated rings. The number of fused-ring (bicyclic) bond motifs is 1. The van der Waals surface area contributed by atoms with Crippen molar-refractivity contribution in [2.75, 3.05) is 0 Å². The molecule has 2 heterocycles. The molecule has 2 nitrogen and oxygen atoms in total. The summed E-state index contributed by atoms with van der Waals surface area (Å²) in [6.07, 6.45) is 3.83. The lowest BCUT2D eigenvalue weighted by atomic mass is 10.2. The van der Waals surface area contributed by atoms with E-state index in [9.17, 15) is 0 Å². The van der Waals surface area contributed by atoms with Crippen LogP contribution in [0.4, 0.5) is 0 Å². The molecule has 1 aromatic carbocycles. The molecule has 3 aromatic rings. The van der Waals surface area contributed by atoms with Gasteiger partial charge in [-0.2, -0.15) is 0 Å². The van der Waals surface area contributed by atoms with Crippen LogP contribution in [0.15, 0.2) is 45.6 Å². The summed E-state index contributed by atoms with van der Waals surface area (Å²) in [5, 5.41) is 1.18. The quantitative estimate of drug-likeness (QED) is 0.484. The van der Waals surface area contributed by atoms with Gasteiger partial charge in [0.2, 0.25) is 0 Å². The zero-order valence-electron chi connectivity index (χ0n) is 9.37. The number of benzene rings is 1. The van der Waals surface area contributed by atoms with Crippen LogP contribution in [0.25, 0.3) is 16.9 Å². The molecule has 0 N–H and O–H groups in total. The van der Waals surface area contributed by atoms with E-state index in [0.717, 1.165) is 25.8 Å².